The second-order valence-corrected chi connectivity index (χ2v) is 6.22. The number of fused-ring (bicyclic) bond motifs is 1. The molecule has 3 heterocycles. The second kappa shape index (κ2) is 6.76. The summed E-state index contributed by atoms with van der Waals surface area (Å²) in [6.07, 6.45) is 2.04. The number of ether oxygens (including phenoxy) is 1. The Morgan fingerprint density at radius 3 is 2.79 bits per heavy atom. The number of carbonyl (C=O) groups is 1. The minimum atomic E-state index is 0.0217. The lowest BCUT2D eigenvalue weighted by atomic mass is 9.97. The van der Waals surface area contributed by atoms with Crippen LogP contribution in [-0.2, 0) is 24.4 Å². The van der Waals surface area contributed by atoms with E-state index in [-0.39, 0.29) is 11.8 Å². The molecule has 1 atom stereocenters. The fourth-order valence-corrected chi connectivity index (χ4v) is 3.34. The third-order valence-corrected chi connectivity index (χ3v) is 4.46. The average molecular weight is 331 g/mol. The van der Waals surface area contributed by atoms with Crippen molar-refractivity contribution in [2.24, 2.45) is 0 Å². The molecule has 2 aromatic heterocycles. The van der Waals surface area contributed by atoms with Crippen LogP contribution >= 0.6 is 0 Å². The summed E-state index contributed by atoms with van der Waals surface area (Å²) in [6.45, 7) is 9.24. The van der Waals surface area contributed by atoms with Crippen LogP contribution in [0, 0.1) is 6.92 Å². The van der Waals surface area contributed by atoms with Gasteiger partial charge in [0.1, 0.15) is 5.69 Å². The monoisotopic (exact) mass is 331 g/mol. The molecule has 0 N–H and O–H groups in total. The van der Waals surface area contributed by atoms with Gasteiger partial charge in [0.25, 0.3) is 5.91 Å². The Balaban J connectivity index is 1.90. The molecule has 1 unspecified atom stereocenters. The molecule has 0 saturated carbocycles. The Bertz CT molecular complexity index is 733. The maximum Gasteiger partial charge on any atom is 0.272 e. The zero-order chi connectivity index (χ0) is 17.3. The highest BCUT2D eigenvalue weighted by atomic mass is 16.5. The van der Waals surface area contributed by atoms with E-state index in [0.29, 0.717) is 31.9 Å². The van der Waals surface area contributed by atoms with Gasteiger partial charge < -0.3 is 9.64 Å². The van der Waals surface area contributed by atoms with Gasteiger partial charge in [0.2, 0.25) is 0 Å². The van der Waals surface area contributed by atoms with Gasteiger partial charge in [-0.3, -0.25) is 14.2 Å². The van der Waals surface area contributed by atoms with Gasteiger partial charge in [0.05, 0.1) is 18.0 Å². The maximum atomic E-state index is 13.0. The molecule has 7 nitrogen and oxygen atoms in total. The van der Waals surface area contributed by atoms with E-state index in [4.69, 9.17) is 4.74 Å². The fraction of sp³-hybridized carbons (Fsp3) is 0.588. The van der Waals surface area contributed by atoms with E-state index < -0.39 is 0 Å². The minimum Gasteiger partial charge on any atom is -0.384 e. The topological polar surface area (TPSA) is 65.2 Å². The molecule has 1 aliphatic rings. The lowest BCUT2D eigenvalue weighted by Crippen LogP contribution is -2.40. The number of rotatable bonds is 5. The Morgan fingerprint density at radius 2 is 2.12 bits per heavy atom. The molecular weight excluding hydrogens is 306 g/mol. The van der Waals surface area contributed by atoms with E-state index in [1.54, 1.807) is 11.8 Å². The predicted octanol–water partition coefficient (Wildman–Crippen LogP) is 1.81. The molecule has 1 amide bonds. The SMILES string of the molecule is CCn1cc2c(n1)C(COC)CN(C(=O)c1cc(C)nn1CC)C2. The molecule has 0 fully saturated rings. The summed E-state index contributed by atoms with van der Waals surface area (Å²) in [4.78, 5) is 14.9. The Hall–Kier alpha value is -2.15. The second-order valence-electron chi connectivity index (χ2n) is 6.22. The third-order valence-electron chi connectivity index (χ3n) is 4.46. The number of nitrogens with zero attached hydrogens (tertiary/aromatic N) is 5. The van der Waals surface area contributed by atoms with E-state index in [9.17, 15) is 4.79 Å². The fourth-order valence-electron chi connectivity index (χ4n) is 3.34. The van der Waals surface area contributed by atoms with Crippen LogP contribution < -0.4 is 0 Å². The van der Waals surface area contributed by atoms with Crippen molar-refractivity contribution in [3.05, 3.63) is 34.9 Å². The average Bonchev–Trinajstić information content (AvgIpc) is 3.17. The van der Waals surface area contributed by atoms with Crippen LogP contribution in [0.3, 0.4) is 0 Å². The van der Waals surface area contributed by atoms with Crippen LogP contribution in [0.15, 0.2) is 12.3 Å². The smallest absolute Gasteiger partial charge is 0.272 e. The Labute approximate surface area is 142 Å². The number of amides is 1. The van der Waals surface area contributed by atoms with E-state index >= 15 is 0 Å². The van der Waals surface area contributed by atoms with E-state index in [1.165, 1.54) is 0 Å². The van der Waals surface area contributed by atoms with Crippen molar-refractivity contribution in [3.8, 4) is 0 Å². The van der Waals surface area contributed by atoms with Crippen LogP contribution in [0.25, 0.3) is 0 Å². The molecule has 0 aliphatic carbocycles. The number of hydrogen-bond acceptors (Lipinski definition) is 4. The van der Waals surface area contributed by atoms with Gasteiger partial charge in [-0.05, 0) is 26.8 Å². The number of hydrogen-bond donors (Lipinski definition) is 0. The van der Waals surface area contributed by atoms with Crippen molar-refractivity contribution in [2.75, 3.05) is 20.3 Å². The van der Waals surface area contributed by atoms with Gasteiger partial charge in [0.15, 0.2) is 0 Å². The maximum absolute atomic E-state index is 13.0. The molecule has 0 bridgehead atoms. The molecule has 2 aromatic rings. The Kier molecular flexibility index (Phi) is 4.71. The highest BCUT2D eigenvalue weighted by molar-refractivity contribution is 5.93. The zero-order valence-corrected chi connectivity index (χ0v) is 14.8. The standard InChI is InChI=1S/C17H25N5O2/c1-5-21-10-13-8-20(9-14(11-24-4)16(13)19-21)17(23)15-7-12(3)18-22(15)6-2/h7,10,14H,5-6,8-9,11H2,1-4H3. The summed E-state index contributed by atoms with van der Waals surface area (Å²) in [5.41, 5.74) is 3.68. The molecule has 7 heteroatoms. The van der Waals surface area contributed by atoms with Crippen molar-refractivity contribution in [3.63, 3.8) is 0 Å². The first-order valence-corrected chi connectivity index (χ1v) is 8.46. The van der Waals surface area contributed by atoms with E-state index in [1.807, 2.05) is 35.7 Å². The lowest BCUT2D eigenvalue weighted by molar-refractivity contribution is 0.0666. The number of aryl methyl sites for hydroxylation is 3. The van der Waals surface area contributed by atoms with Gasteiger partial charge in [-0.25, -0.2) is 0 Å². The van der Waals surface area contributed by atoms with Gasteiger partial charge in [-0.15, -0.1) is 0 Å². The molecule has 0 saturated heterocycles. The van der Waals surface area contributed by atoms with Crippen molar-refractivity contribution in [1.82, 2.24) is 24.5 Å². The number of methoxy groups -OCH3 is 1. The molecule has 3 rings (SSSR count). The van der Waals surface area contributed by atoms with Gasteiger partial charge >= 0.3 is 0 Å². The third kappa shape index (κ3) is 2.96. The quantitative estimate of drug-likeness (QED) is 0.838. The van der Waals surface area contributed by atoms with Gasteiger partial charge in [-0.1, -0.05) is 0 Å². The summed E-state index contributed by atoms with van der Waals surface area (Å²) in [5, 5.41) is 9.04. The van der Waals surface area contributed by atoms with Crippen LogP contribution in [0.5, 0.6) is 0 Å². The van der Waals surface area contributed by atoms with Gasteiger partial charge in [0, 0.05) is 51.0 Å². The number of carbonyl (C=O) groups excluding carboxylic acids is 1. The summed E-state index contributed by atoms with van der Waals surface area (Å²) in [7, 11) is 1.69. The van der Waals surface area contributed by atoms with Crippen LogP contribution in [-0.4, -0.2) is 50.6 Å². The largest absolute Gasteiger partial charge is 0.384 e. The normalized spacial score (nSPS) is 17.2. The van der Waals surface area contributed by atoms with Crippen LogP contribution in [0.4, 0.5) is 0 Å². The van der Waals surface area contributed by atoms with E-state index in [2.05, 4.69) is 17.1 Å². The van der Waals surface area contributed by atoms with Crippen molar-refractivity contribution in [2.45, 2.75) is 46.3 Å². The summed E-state index contributed by atoms with van der Waals surface area (Å²) in [5.74, 6) is 0.128. The highest BCUT2D eigenvalue weighted by Crippen LogP contribution is 2.28. The van der Waals surface area contributed by atoms with Crippen LogP contribution in [0.2, 0.25) is 0 Å². The first-order chi connectivity index (χ1) is 11.6. The summed E-state index contributed by atoms with van der Waals surface area (Å²) < 4.78 is 9.06. The molecule has 130 valence electrons. The molecule has 1 aliphatic heterocycles. The first kappa shape index (κ1) is 16.7. The first-order valence-electron chi connectivity index (χ1n) is 8.46. The molecule has 24 heavy (non-hydrogen) atoms. The Morgan fingerprint density at radius 1 is 1.33 bits per heavy atom. The molecule has 0 spiro atoms. The predicted molar refractivity (Wildman–Crippen MR) is 89.9 cm³/mol. The van der Waals surface area contributed by atoms with Crippen LogP contribution in [0.1, 0.15) is 47.2 Å². The lowest BCUT2D eigenvalue weighted by Gasteiger charge is -2.31. The van der Waals surface area contributed by atoms with Crippen molar-refractivity contribution < 1.29 is 9.53 Å². The number of aromatic nitrogens is 4. The van der Waals surface area contributed by atoms with Crippen molar-refractivity contribution in [1.29, 1.82) is 0 Å². The molecule has 0 aromatic carbocycles. The van der Waals surface area contributed by atoms with E-state index in [0.717, 1.165) is 23.5 Å². The van der Waals surface area contributed by atoms with Gasteiger partial charge in [-0.2, -0.15) is 10.2 Å². The summed E-state index contributed by atoms with van der Waals surface area (Å²) in [6, 6.07) is 1.86. The highest BCUT2D eigenvalue weighted by Gasteiger charge is 2.32. The molecular formula is C17H25N5O2. The molecule has 0 radical (unpaired) electrons. The summed E-state index contributed by atoms with van der Waals surface area (Å²) >= 11 is 0. The minimum absolute atomic E-state index is 0.0217. The zero-order valence-electron chi connectivity index (χ0n) is 14.8. The van der Waals surface area contributed by atoms with Crippen molar-refractivity contribution >= 4 is 5.91 Å².